The summed E-state index contributed by atoms with van der Waals surface area (Å²) in [6, 6.07) is -0.125. The molecule has 23 heavy (non-hydrogen) atoms. The van der Waals surface area contributed by atoms with Gasteiger partial charge < -0.3 is 10.1 Å². The summed E-state index contributed by atoms with van der Waals surface area (Å²) in [6.45, 7) is 0. The van der Waals surface area contributed by atoms with Gasteiger partial charge in [-0.15, -0.1) is 0 Å². The summed E-state index contributed by atoms with van der Waals surface area (Å²) in [6.07, 6.45) is 11.5. The maximum absolute atomic E-state index is 12.0. The van der Waals surface area contributed by atoms with Crippen LogP contribution < -0.4 is 5.32 Å². The fourth-order valence-electron chi connectivity index (χ4n) is 2.90. The summed E-state index contributed by atoms with van der Waals surface area (Å²) in [5, 5.41) is 7.20. The van der Waals surface area contributed by atoms with Gasteiger partial charge in [-0.25, -0.2) is 0 Å². The van der Waals surface area contributed by atoms with Gasteiger partial charge in [-0.05, 0) is 30.6 Å². The van der Waals surface area contributed by atoms with Crippen molar-refractivity contribution in [3.05, 3.63) is 47.1 Å². The van der Waals surface area contributed by atoms with E-state index in [-0.39, 0.29) is 17.9 Å². The number of allylic oxidation sites excluding steroid dienone is 3. The lowest BCUT2D eigenvalue weighted by molar-refractivity contribution is -0.121. The van der Waals surface area contributed by atoms with E-state index in [9.17, 15) is 4.79 Å². The molecule has 1 saturated carbocycles. The van der Waals surface area contributed by atoms with Gasteiger partial charge in [0.1, 0.15) is 5.76 Å². The number of rotatable bonds is 4. The minimum absolute atomic E-state index is 0.0806. The summed E-state index contributed by atoms with van der Waals surface area (Å²) in [4.78, 5) is 16.5. The smallest absolute Gasteiger partial charge is 0.227 e. The largest absolute Gasteiger partial charge is 0.496 e. The number of hydrogen-bond donors (Lipinski definition) is 1. The van der Waals surface area contributed by atoms with Gasteiger partial charge in [0, 0.05) is 36.5 Å². The Labute approximate surface area is 134 Å². The normalized spacial score (nSPS) is 22.6. The highest BCUT2D eigenvalue weighted by atomic mass is 16.5. The predicted molar refractivity (Wildman–Crippen MR) is 86.4 cm³/mol. The van der Waals surface area contributed by atoms with Crippen LogP contribution in [0.4, 0.5) is 0 Å². The van der Waals surface area contributed by atoms with E-state index in [0.717, 1.165) is 41.0 Å². The molecule has 3 aliphatic rings. The fourth-order valence-corrected chi connectivity index (χ4v) is 2.90. The molecule has 0 bridgehead atoms. The van der Waals surface area contributed by atoms with Crippen LogP contribution in [-0.2, 0) is 16.6 Å². The molecule has 2 aliphatic carbocycles. The number of nitrogens with one attached hydrogen (secondary N) is 1. The molecule has 0 saturated heterocycles. The number of carbonyl (C=O) groups excluding carboxylic acids is 1. The first-order valence-corrected chi connectivity index (χ1v) is 7.71. The molecule has 4 rings (SSSR count). The molecule has 0 aromatic carbocycles. The minimum atomic E-state index is -0.125. The summed E-state index contributed by atoms with van der Waals surface area (Å²) in [7, 11) is 3.53. The van der Waals surface area contributed by atoms with Crippen LogP contribution in [0.1, 0.15) is 18.4 Å². The highest BCUT2D eigenvalue weighted by Crippen LogP contribution is 2.35. The van der Waals surface area contributed by atoms with E-state index in [1.807, 2.05) is 25.5 Å². The van der Waals surface area contributed by atoms with E-state index in [0.29, 0.717) is 0 Å². The number of methoxy groups -OCH3 is 1. The van der Waals surface area contributed by atoms with Crippen molar-refractivity contribution in [3.8, 4) is 0 Å². The fraction of sp³-hybridized carbons (Fsp3) is 0.353. The molecule has 1 aromatic heterocycles. The molecule has 1 aromatic rings. The van der Waals surface area contributed by atoms with Crippen LogP contribution in [0.25, 0.3) is 5.57 Å². The first-order chi connectivity index (χ1) is 11.2. The lowest BCUT2D eigenvalue weighted by Gasteiger charge is -2.20. The van der Waals surface area contributed by atoms with Crippen LogP contribution in [0.15, 0.2) is 46.6 Å². The first-order valence-electron chi connectivity index (χ1n) is 7.71. The van der Waals surface area contributed by atoms with Gasteiger partial charge in [0.2, 0.25) is 5.91 Å². The van der Waals surface area contributed by atoms with Gasteiger partial charge in [0.15, 0.2) is 0 Å². The SMILES string of the molecule is COC1=CC(c2cnn(C)c2)=CC2N=CC(NC(=O)C3CC3)=C12. The molecule has 1 N–H and O–H groups in total. The molecule has 6 heteroatoms. The Balaban J connectivity index is 1.67. The van der Waals surface area contributed by atoms with Crippen LogP contribution in [0.3, 0.4) is 0 Å². The van der Waals surface area contributed by atoms with Gasteiger partial charge in [0.25, 0.3) is 0 Å². The summed E-state index contributed by atoms with van der Waals surface area (Å²) < 4.78 is 7.32. The van der Waals surface area contributed by atoms with Crippen LogP contribution in [-0.4, -0.2) is 35.1 Å². The number of ether oxygens (including phenoxy) is 1. The molecule has 2 heterocycles. The molecule has 1 atom stereocenters. The summed E-state index contributed by atoms with van der Waals surface area (Å²) in [5.74, 6) is 0.979. The Morgan fingerprint density at radius 3 is 2.91 bits per heavy atom. The third-order valence-corrected chi connectivity index (χ3v) is 4.30. The average molecular weight is 310 g/mol. The second kappa shape index (κ2) is 5.22. The van der Waals surface area contributed by atoms with E-state index in [1.165, 1.54) is 0 Å². The van der Waals surface area contributed by atoms with Gasteiger partial charge in [0.05, 0.1) is 25.0 Å². The van der Waals surface area contributed by atoms with Gasteiger partial charge >= 0.3 is 0 Å². The number of carbonyl (C=O) groups is 1. The maximum Gasteiger partial charge on any atom is 0.227 e. The molecule has 1 aliphatic heterocycles. The Bertz CT molecular complexity index is 793. The number of aryl methyl sites for hydroxylation is 1. The molecule has 6 nitrogen and oxygen atoms in total. The van der Waals surface area contributed by atoms with Crippen LogP contribution in [0, 0.1) is 5.92 Å². The van der Waals surface area contributed by atoms with Crippen LogP contribution in [0.5, 0.6) is 0 Å². The number of nitrogens with zero attached hydrogens (tertiary/aromatic N) is 3. The number of amides is 1. The predicted octanol–water partition coefficient (Wildman–Crippen LogP) is 1.58. The topological polar surface area (TPSA) is 68.5 Å². The zero-order valence-electron chi connectivity index (χ0n) is 13.1. The van der Waals surface area contributed by atoms with E-state index in [1.54, 1.807) is 18.0 Å². The Hall–Kier alpha value is -2.63. The number of aliphatic imine (C=N–C) groups is 1. The van der Waals surface area contributed by atoms with Crippen molar-refractivity contribution < 1.29 is 9.53 Å². The number of hydrogen-bond acceptors (Lipinski definition) is 4. The zero-order chi connectivity index (χ0) is 16.0. The highest BCUT2D eigenvalue weighted by molar-refractivity contribution is 5.95. The molecular formula is C17H18N4O2. The molecule has 0 spiro atoms. The van der Waals surface area contributed by atoms with Crippen molar-refractivity contribution in [1.82, 2.24) is 15.1 Å². The van der Waals surface area contributed by atoms with Crippen LogP contribution >= 0.6 is 0 Å². The number of aromatic nitrogens is 2. The van der Waals surface area contributed by atoms with E-state index in [2.05, 4.69) is 21.5 Å². The molecular weight excluding hydrogens is 292 g/mol. The van der Waals surface area contributed by atoms with E-state index < -0.39 is 0 Å². The average Bonchev–Trinajstić information content (AvgIpc) is 3.20. The Kier molecular flexibility index (Phi) is 3.18. The van der Waals surface area contributed by atoms with Gasteiger partial charge in [-0.3, -0.25) is 14.5 Å². The van der Waals surface area contributed by atoms with Crippen molar-refractivity contribution in [2.75, 3.05) is 7.11 Å². The van der Waals surface area contributed by atoms with Gasteiger partial charge in [-0.2, -0.15) is 5.10 Å². The van der Waals surface area contributed by atoms with E-state index in [4.69, 9.17) is 4.74 Å². The van der Waals surface area contributed by atoms with Crippen molar-refractivity contribution >= 4 is 17.7 Å². The number of fused-ring (bicyclic) bond motifs is 1. The molecule has 118 valence electrons. The van der Waals surface area contributed by atoms with Crippen molar-refractivity contribution in [1.29, 1.82) is 0 Å². The van der Waals surface area contributed by atoms with Crippen LogP contribution in [0.2, 0.25) is 0 Å². The maximum atomic E-state index is 12.0. The third-order valence-electron chi connectivity index (χ3n) is 4.30. The Morgan fingerprint density at radius 1 is 1.43 bits per heavy atom. The van der Waals surface area contributed by atoms with E-state index >= 15 is 0 Å². The highest BCUT2D eigenvalue weighted by Gasteiger charge is 2.33. The quantitative estimate of drug-likeness (QED) is 0.918. The van der Waals surface area contributed by atoms with Gasteiger partial charge in [-0.1, -0.05) is 0 Å². The van der Waals surface area contributed by atoms with Crippen molar-refractivity contribution in [2.24, 2.45) is 18.0 Å². The minimum Gasteiger partial charge on any atom is -0.496 e. The zero-order valence-corrected chi connectivity index (χ0v) is 13.1. The monoisotopic (exact) mass is 310 g/mol. The molecule has 0 radical (unpaired) electrons. The lowest BCUT2D eigenvalue weighted by Crippen LogP contribution is -2.26. The molecule has 1 unspecified atom stereocenters. The van der Waals surface area contributed by atoms with Crippen molar-refractivity contribution in [2.45, 2.75) is 18.9 Å². The Morgan fingerprint density at radius 2 is 2.26 bits per heavy atom. The second-order valence-electron chi connectivity index (χ2n) is 6.05. The second-order valence-corrected chi connectivity index (χ2v) is 6.05. The first kappa shape index (κ1) is 14.0. The lowest BCUT2D eigenvalue weighted by atomic mass is 9.93. The third kappa shape index (κ3) is 2.50. The molecule has 1 fully saturated rings. The summed E-state index contributed by atoms with van der Waals surface area (Å²) in [5.41, 5.74) is 3.72. The standard InChI is InChI=1S/C17H18N4O2/c1-21-9-12(7-19-21)11-5-13-16(15(6-11)23-2)14(8-18-13)20-17(22)10-3-4-10/h5-10,13H,3-4H2,1-2H3,(H,20,22). The summed E-state index contributed by atoms with van der Waals surface area (Å²) >= 11 is 0. The molecule has 1 amide bonds. The van der Waals surface area contributed by atoms with Crippen molar-refractivity contribution in [3.63, 3.8) is 0 Å².